The number of hydrogen-bond donors (Lipinski definition) is 0. The van der Waals surface area contributed by atoms with Crippen LogP contribution in [0.15, 0.2) is 0 Å². The molecule has 0 bridgehead atoms. The minimum absolute atomic E-state index is 0.0528. The van der Waals surface area contributed by atoms with Crippen LogP contribution in [0.5, 0.6) is 0 Å². The predicted molar refractivity (Wildman–Crippen MR) is 62.2 cm³/mol. The lowest BCUT2D eigenvalue weighted by molar-refractivity contribution is -0.150. The van der Waals surface area contributed by atoms with Gasteiger partial charge in [0.15, 0.2) is 0 Å². The molecule has 3 saturated carbocycles. The maximum atomic E-state index is 12.4. The van der Waals surface area contributed by atoms with Crippen LogP contribution in [-0.4, -0.2) is 19.0 Å². The number of carbonyl (C=O) groups excluding carboxylic acids is 1. The highest BCUT2D eigenvalue weighted by Crippen LogP contribution is 2.59. The summed E-state index contributed by atoms with van der Waals surface area (Å²) in [6.07, 6.45) is 9.65. The van der Waals surface area contributed by atoms with Crippen molar-refractivity contribution in [2.24, 2.45) is 17.3 Å². The fourth-order valence-electron chi connectivity index (χ4n) is 4.91. The minimum Gasteiger partial charge on any atom is -0.381 e. The molecule has 2 heteroatoms. The van der Waals surface area contributed by atoms with Crippen molar-refractivity contribution in [3.05, 3.63) is 0 Å². The molecular weight excluding hydrogens is 200 g/mol. The number of ketones is 1. The highest BCUT2D eigenvalue weighted by atomic mass is 16.5. The van der Waals surface area contributed by atoms with E-state index in [1.165, 1.54) is 32.1 Å². The fraction of sp³-hybridized carbons (Fsp3) is 0.929. The zero-order chi connectivity index (χ0) is 11.2. The molecule has 0 aromatic rings. The maximum absolute atomic E-state index is 12.4. The first-order valence-corrected chi connectivity index (χ1v) is 6.85. The molecule has 3 aliphatic carbocycles. The predicted octanol–water partition coefficient (Wildman–Crippen LogP) is 2.95. The van der Waals surface area contributed by atoms with Crippen LogP contribution in [0.4, 0.5) is 0 Å². The van der Waals surface area contributed by atoms with Crippen molar-refractivity contribution in [1.29, 1.82) is 0 Å². The molecule has 0 radical (unpaired) electrons. The molecule has 16 heavy (non-hydrogen) atoms. The second-order valence-electron chi connectivity index (χ2n) is 5.90. The Balaban J connectivity index is 1.97. The van der Waals surface area contributed by atoms with Crippen molar-refractivity contribution in [1.82, 2.24) is 0 Å². The van der Waals surface area contributed by atoms with Gasteiger partial charge in [-0.25, -0.2) is 0 Å². The molecule has 3 fully saturated rings. The molecule has 3 aliphatic rings. The van der Waals surface area contributed by atoms with Crippen molar-refractivity contribution >= 4 is 5.78 Å². The van der Waals surface area contributed by atoms with Gasteiger partial charge < -0.3 is 4.74 Å². The van der Waals surface area contributed by atoms with Gasteiger partial charge in [-0.2, -0.15) is 0 Å². The highest BCUT2D eigenvalue weighted by molar-refractivity contribution is 5.86. The Kier molecular flexibility index (Phi) is 2.58. The Bertz CT molecular complexity index is 299. The van der Waals surface area contributed by atoms with Crippen LogP contribution in [0, 0.1) is 17.3 Å². The lowest BCUT2D eigenvalue weighted by Crippen LogP contribution is -2.52. The van der Waals surface area contributed by atoms with Crippen LogP contribution in [0.2, 0.25) is 0 Å². The van der Waals surface area contributed by atoms with Gasteiger partial charge in [-0.1, -0.05) is 6.42 Å². The summed E-state index contributed by atoms with van der Waals surface area (Å²) >= 11 is 0. The molecule has 0 aromatic carbocycles. The summed E-state index contributed by atoms with van der Waals surface area (Å²) in [5, 5.41) is 0. The number of methoxy groups -OCH3 is 1. The van der Waals surface area contributed by atoms with Gasteiger partial charge in [0.25, 0.3) is 0 Å². The first-order chi connectivity index (χ1) is 7.79. The lowest BCUT2D eigenvalue weighted by atomic mass is 9.54. The molecule has 0 amide bonds. The van der Waals surface area contributed by atoms with Gasteiger partial charge >= 0.3 is 0 Å². The number of carbonyl (C=O) groups is 1. The summed E-state index contributed by atoms with van der Waals surface area (Å²) in [6.45, 7) is 0. The first kappa shape index (κ1) is 10.8. The van der Waals surface area contributed by atoms with Crippen molar-refractivity contribution in [2.45, 2.75) is 57.5 Å². The topological polar surface area (TPSA) is 26.3 Å². The third kappa shape index (κ3) is 1.25. The molecule has 0 aliphatic heterocycles. The van der Waals surface area contributed by atoms with Crippen molar-refractivity contribution in [2.75, 3.05) is 7.11 Å². The molecule has 3 rings (SSSR count). The summed E-state index contributed by atoms with van der Waals surface area (Å²) in [5.41, 5.74) is 0.0528. The molecule has 0 N–H and O–H groups in total. The van der Waals surface area contributed by atoms with Crippen molar-refractivity contribution in [3.63, 3.8) is 0 Å². The summed E-state index contributed by atoms with van der Waals surface area (Å²) in [6, 6.07) is 0. The summed E-state index contributed by atoms with van der Waals surface area (Å²) < 4.78 is 5.64. The Labute approximate surface area is 97.7 Å². The fourth-order valence-corrected chi connectivity index (χ4v) is 4.91. The van der Waals surface area contributed by atoms with Crippen LogP contribution >= 0.6 is 0 Å². The van der Waals surface area contributed by atoms with Gasteiger partial charge in [0.05, 0.1) is 6.10 Å². The minimum atomic E-state index is 0.0528. The standard InChI is InChI=1S/C14H22O2/c1-16-12-8-7-10-4-2-6-13(15)14(10)9-3-5-11(12)14/h10-12H,2-9H2,1H3/t10-,11-,12+,14-/m0/s1. The molecule has 4 atom stereocenters. The molecule has 0 saturated heterocycles. The maximum Gasteiger partial charge on any atom is 0.139 e. The smallest absolute Gasteiger partial charge is 0.139 e. The quantitative estimate of drug-likeness (QED) is 0.682. The second-order valence-corrected chi connectivity index (χ2v) is 5.90. The van der Waals surface area contributed by atoms with Gasteiger partial charge in [0.2, 0.25) is 0 Å². The van der Waals surface area contributed by atoms with Crippen LogP contribution in [0.1, 0.15) is 51.4 Å². The van der Waals surface area contributed by atoms with E-state index in [1.54, 1.807) is 0 Å². The van der Waals surface area contributed by atoms with E-state index in [4.69, 9.17) is 4.74 Å². The van der Waals surface area contributed by atoms with Gasteiger partial charge in [-0.05, 0) is 50.4 Å². The van der Waals surface area contributed by atoms with Crippen LogP contribution in [-0.2, 0) is 9.53 Å². The Hall–Kier alpha value is -0.370. The number of rotatable bonds is 1. The summed E-state index contributed by atoms with van der Waals surface area (Å²) in [4.78, 5) is 12.4. The van der Waals surface area contributed by atoms with Crippen LogP contribution < -0.4 is 0 Å². The number of hydrogen-bond acceptors (Lipinski definition) is 2. The van der Waals surface area contributed by atoms with E-state index >= 15 is 0 Å². The summed E-state index contributed by atoms with van der Waals surface area (Å²) in [7, 11) is 1.82. The third-order valence-corrected chi connectivity index (χ3v) is 5.52. The SMILES string of the molecule is CO[C@@H]1CC[C@@H]2CCCC(=O)[C@@]23CCC[C@@H]13. The monoisotopic (exact) mass is 222 g/mol. The molecule has 0 aromatic heterocycles. The van der Waals surface area contributed by atoms with E-state index in [-0.39, 0.29) is 5.41 Å². The van der Waals surface area contributed by atoms with Gasteiger partial charge in [0, 0.05) is 18.9 Å². The lowest BCUT2D eigenvalue weighted by Gasteiger charge is -2.50. The Morgan fingerprint density at radius 3 is 2.88 bits per heavy atom. The molecule has 2 nitrogen and oxygen atoms in total. The zero-order valence-corrected chi connectivity index (χ0v) is 10.2. The molecule has 90 valence electrons. The normalized spacial score (nSPS) is 47.6. The third-order valence-electron chi connectivity index (χ3n) is 5.52. The average molecular weight is 222 g/mol. The van der Waals surface area contributed by atoms with Gasteiger partial charge in [0.1, 0.15) is 5.78 Å². The van der Waals surface area contributed by atoms with Gasteiger partial charge in [-0.15, -0.1) is 0 Å². The average Bonchev–Trinajstić information content (AvgIpc) is 2.74. The van der Waals surface area contributed by atoms with Crippen LogP contribution in [0.3, 0.4) is 0 Å². The van der Waals surface area contributed by atoms with E-state index in [0.29, 0.717) is 23.7 Å². The molecular formula is C14H22O2. The van der Waals surface area contributed by atoms with E-state index in [2.05, 4.69) is 0 Å². The molecule has 0 heterocycles. The van der Waals surface area contributed by atoms with Crippen molar-refractivity contribution < 1.29 is 9.53 Å². The Morgan fingerprint density at radius 2 is 2.06 bits per heavy atom. The zero-order valence-electron chi connectivity index (χ0n) is 10.2. The first-order valence-electron chi connectivity index (χ1n) is 6.85. The van der Waals surface area contributed by atoms with E-state index < -0.39 is 0 Å². The van der Waals surface area contributed by atoms with Crippen molar-refractivity contribution in [3.8, 4) is 0 Å². The van der Waals surface area contributed by atoms with E-state index in [1.807, 2.05) is 7.11 Å². The molecule has 1 spiro atoms. The molecule has 0 unspecified atom stereocenters. The Morgan fingerprint density at radius 1 is 1.19 bits per heavy atom. The summed E-state index contributed by atoms with van der Waals surface area (Å²) in [5.74, 6) is 1.81. The van der Waals surface area contributed by atoms with E-state index in [0.717, 1.165) is 19.3 Å². The largest absolute Gasteiger partial charge is 0.381 e. The van der Waals surface area contributed by atoms with E-state index in [9.17, 15) is 4.79 Å². The highest BCUT2D eigenvalue weighted by Gasteiger charge is 2.58. The van der Waals surface area contributed by atoms with Gasteiger partial charge in [-0.3, -0.25) is 4.79 Å². The number of Topliss-reactive ketones (excluding diaryl/α,β-unsaturated/α-hetero) is 1. The second kappa shape index (κ2) is 3.83. The van der Waals surface area contributed by atoms with Crippen LogP contribution in [0.25, 0.3) is 0 Å². The number of ether oxygens (including phenoxy) is 1.